The minimum absolute atomic E-state index is 0. The van der Waals surface area contributed by atoms with E-state index in [0.29, 0.717) is 5.41 Å². The van der Waals surface area contributed by atoms with Crippen molar-refractivity contribution in [1.82, 2.24) is 15.1 Å². The Hall–Kier alpha value is -0.0400. The summed E-state index contributed by atoms with van der Waals surface area (Å²) in [7, 11) is 4.32. The van der Waals surface area contributed by atoms with Crippen molar-refractivity contribution >= 4 is 29.9 Å². The van der Waals surface area contributed by atoms with Crippen molar-refractivity contribution in [2.45, 2.75) is 19.8 Å². The Bertz CT molecular complexity index is 272. The monoisotopic (exact) mass is 352 g/mol. The minimum Gasteiger partial charge on any atom is -0.356 e. The molecule has 0 radical (unpaired) electrons. The Balaban J connectivity index is 0.00000144. The molecule has 0 aromatic rings. The third-order valence-corrected chi connectivity index (χ3v) is 3.93. The van der Waals surface area contributed by atoms with Crippen LogP contribution in [0.1, 0.15) is 19.8 Å². The molecule has 17 heavy (non-hydrogen) atoms. The van der Waals surface area contributed by atoms with Crippen LogP contribution < -0.4 is 5.32 Å². The first kappa shape index (κ1) is 15.0. The van der Waals surface area contributed by atoms with Crippen LogP contribution in [0.3, 0.4) is 0 Å². The van der Waals surface area contributed by atoms with Gasteiger partial charge in [-0.3, -0.25) is 4.99 Å². The first-order chi connectivity index (χ1) is 7.59. The van der Waals surface area contributed by atoms with E-state index in [-0.39, 0.29) is 24.0 Å². The first-order valence-corrected chi connectivity index (χ1v) is 6.27. The molecule has 1 N–H and O–H groups in total. The summed E-state index contributed by atoms with van der Waals surface area (Å²) in [5.41, 5.74) is 0.443. The Morgan fingerprint density at radius 3 is 2.41 bits per heavy atom. The van der Waals surface area contributed by atoms with Gasteiger partial charge >= 0.3 is 0 Å². The highest BCUT2D eigenvalue weighted by atomic mass is 127. The zero-order valence-corrected chi connectivity index (χ0v) is 13.5. The predicted octanol–water partition coefficient (Wildman–Crippen LogP) is 1.23. The van der Waals surface area contributed by atoms with Crippen LogP contribution in [-0.4, -0.2) is 62.6 Å². The summed E-state index contributed by atoms with van der Waals surface area (Å²) in [6.45, 7) is 7.90. The molecule has 0 aromatic carbocycles. The summed E-state index contributed by atoms with van der Waals surface area (Å²) >= 11 is 0. The van der Waals surface area contributed by atoms with Crippen LogP contribution in [0.4, 0.5) is 0 Å². The summed E-state index contributed by atoms with van der Waals surface area (Å²) in [4.78, 5) is 9.09. The van der Waals surface area contributed by atoms with E-state index in [0.717, 1.165) is 25.6 Å². The molecule has 4 nitrogen and oxygen atoms in total. The number of hydrogen-bond donors (Lipinski definition) is 1. The summed E-state index contributed by atoms with van der Waals surface area (Å²) < 4.78 is 0. The van der Waals surface area contributed by atoms with Gasteiger partial charge in [-0.15, -0.1) is 24.0 Å². The average molecular weight is 352 g/mol. The number of nitrogens with zero attached hydrogens (tertiary/aromatic N) is 3. The number of hydrogen-bond acceptors (Lipinski definition) is 4. The van der Waals surface area contributed by atoms with Crippen LogP contribution >= 0.6 is 24.0 Å². The molecule has 0 aromatic heterocycles. The lowest BCUT2D eigenvalue weighted by Gasteiger charge is -2.38. The van der Waals surface area contributed by atoms with Gasteiger partial charge in [0.2, 0.25) is 0 Å². The first-order valence-electron chi connectivity index (χ1n) is 6.27. The number of likely N-dealkylation sites (tertiary alicyclic amines) is 1. The van der Waals surface area contributed by atoms with E-state index in [2.05, 4.69) is 41.1 Å². The molecule has 2 heterocycles. The SMILES string of the molecule is CN1CCC(C)(CNC2=NCCN2C)CC1.I. The Morgan fingerprint density at radius 2 is 1.88 bits per heavy atom. The molecule has 0 aliphatic carbocycles. The van der Waals surface area contributed by atoms with Crippen molar-refractivity contribution in [1.29, 1.82) is 0 Å². The quantitative estimate of drug-likeness (QED) is 0.759. The number of aliphatic imine (C=N–C) groups is 1. The average Bonchev–Trinajstić information content (AvgIpc) is 2.67. The predicted molar refractivity (Wildman–Crippen MR) is 83.2 cm³/mol. The molecule has 0 amide bonds. The van der Waals surface area contributed by atoms with Gasteiger partial charge in [0.1, 0.15) is 0 Å². The topological polar surface area (TPSA) is 30.9 Å². The van der Waals surface area contributed by atoms with Gasteiger partial charge in [-0.2, -0.15) is 0 Å². The smallest absolute Gasteiger partial charge is 0.193 e. The van der Waals surface area contributed by atoms with Gasteiger partial charge in [-0.25, -0.2) is 0 Å². The Kier molecular flexibility index (Phi) is 5.50. The number of guanidine groups is 1. The molecule has 2 aliphatic heterocycles. The summed E-state index contributed by atoms with van der Waals surface area (Å²) in [6, 6.07) is 0. The molecule has 1 saturated heterocycles. The van der Waals surface area contributed by atoms with Crippen molar-refractivity contribution in [2.24, 2.45) is 10.4 Å². The fourth-order valence-electron chi connectivity index (χ4n) is 2.35. The fraction of sp³-hybridized carbons (Fsp3) is 0.917. The maximum Gasteiger partial charge on any atom is 0.193 e. The van der Waals surface area contributed by atoms with Gasteiger partial charge in [-0.05, 0) is 38.4 Å². The van der Waals surface area contributed by atoms with E-state index in [4.69, 9.17) is 0 Å². The lowest BCUT2D eigenvalue weighted by atomic mass is 9.80. The van der Waals surface area contributed by atoms with Gasteiger partial charge in [0.05, 0.1) is 6.54 Å². The molecule has 0 bridgehead atoms. The van der Waals surface area contributed by atoms with Gasteiger partial charge in [0.15, 0.2) is 5.96 Å². The van der Waals surface area contributed by atoms with Crippen LogP contribution in [0.5, 0.6) is 0 Å². The molecule has 0 spiro atoms. The van der Waals surface area contributed by atoms with E-state index in [1.807, 2.05) is 0 Å². The minimum atomic E-state index is 0. The van der Waals surface area contributed by atoms with Crippen molar-refractivity contribution < 1.29 is 0 Å². The third kappa shape index (κ3) is 3.98. The summed E-state index contributed by atoms with van der Waals surface area (Å²) in [5.74, 6) is 1.08. The molecular formula is C12H25IN4. The third-order valence-electron chi connectivity index (χ3n) is 3.93. The van der Waals surface area contributed by atoms with E-state index in [1.54, 1.807) is 0 Å². The summed E-state index contributed by atoms with van der Waals surface area (Å²) in [5, 5.41) is 3.51. The maximum atomic E-state index is 4.47. The van der Waals surface area contributed by atoms with E-state index in [9.17, 15) is 0 Å². The second-order valence-corrected chi connectivity index (χ2v) is 5.59. The van der Waals surface area contributed by atoms with Gasteiger partial charge in [0.25, 0.3) is 0 Å². The second-order valence-electron chi connectivity index (χ2n) is 5.59. The molecule has 2 aliphatic rings. The molecule has 0 saturated carbocycles. The van der Waals surface area contributed by atoms with Crippen LogP contribution in [-0.2, 0) is 0 Å². The molecule has 0 unspecified atom stereocenters. The normalized spacial score (nSPS) is 24.2. The maximum absolute atomic E-state index is 4.47. The lowest BCUT2D eigenvalue weighted by Crippen LogP contribution is -2.46. The molecule has 100 valence electrons. The summed E-state index contributed by atoms with van der Waals surface area (Å²) in [6.07, 6.45) is 2.57. The van der Waals surface area contributed by atoms with Crippen LogP contribution in [0.15, 0.2) is 4.99 Å². The highest BCUT2D eigenvalue weighted by Crippen LogP contribution is 2.29. The van der Waals surface area contributed by atoms with E-state index < -0.39 is 0 Å². The Labute approximate surface area is 122 Å². The van der Waals surface area contributed by atoms with Crippen molar-refractivity contribution in [3.8, 4) is 0 Å². The van der Waals surface area contributed by atoms with Crippen molar-refractivity contribution in [2.75, 3.05) is 46.8 Å². The number of piperidine rings is 1. The van der Waals surface area contributed by atoms with Gasteiger partial charge < -0.3 is 15.1 Å². The number of rotatable bonds is 2. The van der Waals surface area contributed by atoms with Crippen molar-refractivity contribution in [3.63, 3.8) is 0 Å². The van der Waals surface area contributed by atoms with Crippen molar-refractivity contribution in [3.05, 3.63) is 0 Å². The largest absolute Gasteiger partial charge is 0.356 e. The van der Waals surface area contributed by atoms with Gasteiger partial charge in [0, 0.05) is 20.1 Å². The Morgan fingerprint density at radius 1 is 1.24 bits per heavy atom. The molecule has 5 heteroatoms. The van der Waals surface area contributed by atoms with Crippen LogP contribution in [0, 0.1) is 5.41 Å². The number of halogens is 1. The number of nitrogens with one attached hydrogen (secondary N) is 1. The molecule has 1 fully saturated rings. The zero-order valence-electron chi connectivity index (χ0n) is 11.2. The molecular weight excluding hydrogens is 327 g/mol. The molecule has 0 atom stereocenters. The van der Waals surface area contributed by atoms with E-state index >= 15 is 0 Å². The van der Waals surface area contributed by atoms with E-state index in [1.165, 1.54) is 25.9 Å². The fourth-order valence-corrected chi connectivity index (χ4v) is 2.35. The molecule has 2 rings (SSSR count). The van der Waals surface area contributed by atoms with Crippen LogP contribution in [0.2, 0.25) is 0 Å². The highest BCUT2D eigenvalue weighted by Gasteiger charge is 2.29. The highest BCUT2D eigenvalue weighted by molar-refractivity contribution is 14.0. The standard InChI is InChI=1S/C12H24N4.HI/c1-12(4-7-15(2)8-5-12)10-14-11-13-6-9-16(11)3;/h4-10H2,1-3H3,(H,13,14);1H. The van der Waals surface area contributed by atoms with Crippen LogP contribution in [0.25, 0.3) is 0 Å². The number of likely N-dealkylation sites (N-methyl/N-ethyl adjacent to an activating group) is 1. The second kappa shape index (κ2) is 6.22. The zero-order chi connectivity index (χ0) is 11.6. The lowest BCUT2D eigenvalue weighted by molar-refractivity contribution is 0.141. The van der Waals surface area contributed by atoms with Gasteiger partial charge in [-0.1, -0.05) is 6.92 Å².